The van der Waals surface area contributed by atoms with Gasteiger partial charge >= 0.3 is 6.03 Å². The molecule has 0 bridgehead atoms. The van der Waals surface area contributed by atoms with E-state index in [0.717, 1.165) is 16.0 Å². The van der Waals surface area contributed by atoms with Crippen molar-refractivity contribution in [3.8, 4) is 11.3 Å². The first-order chi connectivity index (χ1) is 14.8. The van der Waals surface area contributed by atoms with E-state index in [-0.39, 0.29) is 23.8 Å². The van der Waals surface area contributed by atoms with Gasteiger partial charge < -0.3 is 9.73 Å². The number of furan rings is 1. The van der Waals surface area contributed by atoms with Gasteiger partial charge in [0.25, 0.3) is 5.91 Å². The van der Waals surface area contributed by atoms with Gasteiger partial charge in [-0.25, -0.2) is 9.18 Å². The van der Waals surface area contributed by atoms with Crippen molar-refractivity contribution in [2.45, 2.75) is 20.4 Å². The van der Waals surface area contributed by atoms with Crippen LogP contribution in [0.5, 0.6) is 0 Å². The summed E-state index contributed by atoms with van der Waals surface area (Å²) < 4.78 is 18.9. The average molecular weight is 418 g/mol. The third-order valence-corrected chi connectivity index (χ3v) is 5.03. The number of amides is 3. The summed E-state index contributed by atoms with van der Waals surface area (Å²) in [6, 6.07) is 13.9. The van der Waals surface area contributed by atoms with Crippen molar-refractivity contribution in [3.05, 3.63) is 88.6 Å². The first-order valence-electron chi connectivity index (χ1n) is 9.62. The van der Waals surface area contributed by atoms with Crippen LogP contribution in [0.3, 0.4) is 0 Å². The Balaban J connectivity index is 1.54. The number of carbonyl (C=O) groups excluding carboxylic acids is 3. The van der Waals surface area contributed by atoms with E-state index in [1.165, 1.54) is 37.3 Å². The van der Waals surface area contributed by atoms with E-state index >= 15 is 0 Å². The molecule has 0 radical (unpaired) electrons. The monoisotopic (exact) mass is 418 g/mol. The highest BCUT2D eigenvalue weighted by Gasteiger charge is 2.33. The topological polar surface area (TPSA) is 79.6 Å². The van der Waals surface area contributed by atoms with Crippen molar-refractivity contribution in [1.29, 1.82) is 0 Å². The largest absolute Gasteiger partial charge is 0.457 e. The molecule has 1 N–H and O–H groups in total. The summed E-state index contributed by atoms with van der Waals surface area (Å²) in [5.74, 6) is 0.0903. The maximum atomic E-state index is 13.1. The lowest BCUT2D eigenvalue weighted by Gasteiger charge is -2.11. The Morgan fingerprint density at radius 1 is 1.10 bits per heavy atom. The van der Waals surface area contributed by atoms with Crippen molar-refractivity contribution in [2.75, 3.05) is 0 Å². The fourth-order valence-corrected chi connectivity index (χ4v) is 3.36. The molecule has 0 aliphatic carbocycles. The molecule has 156 valence electrons. The molecule has 1 fully saturated rings. The van der Waals surface area contributed by atoms with E-state index in [2.05, 4.69) is 5.32 Å². The van der Waals surface area contributed by atoms with Crippen LogP contribution < -0.4 is 5.32 Å². The summed E-state index contributed by atoms with van der Waals surface area (Å²) in [6.45, 7) is 3.43. The molecular weight excluding hydrogens is 399 g/mol. The maximum absolute atomic E-state index is 13.1. The van der Waals surface area contributed by atoms with Crippen LogP contribution in [0.25, 0.3) is 17.4 Å². The fraction of sp³-hybridized carbons (Fsp3) is 0.125. The molecule has 0 unspecified atom stereocenters. The summed E-state index contributed by atoms with van der Waals surface area (Å²) in [7, 11) is 0. The van der Waals surface area contributed by atoms with Crippen LogP contribution in [-0.4, -0.2) is 22.6 Å². The minimum Gasteiger partial charge on any atom is -0.457 e. The van der Waals surface area contributed by atoms with Gasteiger partial charge in [0.2, 0.25) is 0 Å². The molecule has 3 amide bonds. The van der Waals surface area contributed by atoms with Crippen molar-refractivity contribution < 1.29 is 23.2 Å². The van der Waals surface area contributed by atoms with Gasteiger partial charge in [0, 0.05) is 17.2 Å². The van der Waals surface area contributed by atoms with Crippen molar-refractivity contribution in [1.82, 2.24) is 10.2 Å². The molecule has 31 heavy (non-hydrogen) atoms. The minimum absolute atomic E-state index is 0.0137. The number of ketones is 1. The minimum atomic E-state index is -0.553. The molecule has 2 heterocycles. The number of hydrogen-bond acceptors (Lipinski definition) is 4. The number of aryl methyl sites for hydroxylation is 1. The Bertz CT molecular complexity index is 1220. The summed E-state index contributed by atoms with van der Waals surface area (Å²) in [4.78, 5) is 37.5. The SMILES string of the molecule is CC(=O)c1ccc(-c2ccc(/C=C3/NC(=O)N(Cc4ccc(F)cc4)C3=O)o2)c(C)c1. The summed E-state index contributed by atoms with van der Waals surface area (Å²) in [5.41, 5.74) is 3.06. The highest BCUT2D eigenvalue weighted by Crippen LogP contribution is 2.28. The van der Waals surface area contributed by atoms with Crippen LogP contribution in [0.15, 0.2) is 64.7 Å². The number of benzene rings is 2. The molecule has 7 heteroatoms. The number of nitrogens with one attached hydrogen (secondary N) is 1. The lowest BCUT2D eigenvalue weighted by molar-refractivity contribution is -0.123. The zero-order chi connectivity index (χ0) is 22.1. The quantitative estimate of drug-likeness (QED) is 0.370. The highest BCUT2D eigenvalue weighted by molar-refractivity contribution is 6.13. The lowest BCUT2D eigenvalue weighted by atomic mass is 10.0. The van der Waals surface area contributed by atoms with Crippen LogP contribution in [0.2, 0.25) is 0 Å². The van der Waals surface area contributed by atoms with Gasteiger partial charge in [-0.05, 0) is 55.3 Å². The summed E-state index contributed by atoms with van der Waals surface area (Å²) in [6.07, 6.45) is 1.47. The number of nitrogens with zero attached hydrogens (tertiary/aromatic N) is 1. The second kappa shape index (κ2) is 8.02. The van der Waals surface area contributed by atoms with Crippen LogP contribution in [-0.2, 0) is 11.3 Å². The lowest BCUT2D eigenvalue weighted by Crippen LogP contribution is -2.30. The van der Waals surface area contributed by atoms with Crippen molar-refractivity contribution in [2.24, 2.45) is 0 Å². The molecule has 4 rings (SSSR count). The number of halogens is 1. The first-order valence-corrected chi connectivity index (χ1v) is 9.62. The molecular formula is C24H19FN2O4. The Hall–Kier alpha value is -4.00. The predicted octanol–water partition coefficient (Wildman–Crippen LogP) is 4.69. The van der Waals surface area contributed by atoms with E-state index in [0.29, 0.717) is 22.6 Å². The van der Waals surface area contributed by atoms with Crippen molar-refractivity contribution in [3.63, 3.8) is 0 Å². The van der Waals surface area contributed by atoms with Gasteiger partial charge in [0.05, 0.1) is 6.54 Å². The number of hydrogen-bond donors (Lipinski definition) is 1. The third-order valence-electron chi connectivity index (χ3n) is 5.03. The van der Waals surface area contributed by atoms with E-state index in [9.17, 15) is 18.8 Å². The number of urea groups is 1. The van der Waals surface area contributed by atoms with Gasteiger partial charge in [-0.3, -0.25) is 14.5 Å². The Morgan fingerprint density at radius 3 is 2.52 bits per heavy atom. The predicted molar refractivity (Wildman–Crippen MR) is 112 cm³/mol. The van der Waals surface area contributed by atoms with Gasteiger partial charge in [-0.1, -0.05) is 24.3 Å². The fourth-order valence-electron chi connectivity index (χ4n) is 3.36. The molecule has 1 aromatic heterocycles. The van der Waals surface area contributed by atoms with Crippen LogP contribution >= 0.6 is 0 Å². The number of Topliss-reactive ketones (excluding diaryl/α,β-unsaturated/α-hetero) is 1. The van der Waals surface area contributed by atoms with Gasteiger partial charge in [0.15, 0.2) is 5.78 Å². The van der Waals surface area contributed by atoms with Gasteiger partial charge in [-0.2, -0.15) is 0 Å². The van der Waals surface area contributed by atoms with Crippen LogP contribution in [0.1, 0.15) is 34.2 Å². The second-order valence-electron chi connectivity index (χ2n) is 7.29. The van der Waals surface area contributed by atoms with Gasteiger partial charge in [0.1, 0.15) is 23.0 Å². The normalized spacial score (nSPS) is 14.9. The zero-order valence-corrected chi connectivity index (χ0v) is 16.9. The molecule has 2 aromatic carbocycles. The molecule has 0 spiro atoms. The van der Waals surface area contributed by atoms with Crippen LogP contribution in [0.4, 0.5) is 9.18 Å². The molecule has 1 aliphatic rings. The molecule has 0 atom stereocenters. The van der Waals surface area contributed by atoms with E-state index in [1.807, 2.05) is 13.0 Å². The van der Waals surface area contributed by atoms with E-state index in [1.54, 1.807) is 24.3 Å². The smallest absolute Gasteiger partial charge is 0.329 e. The molecule has 1 saturated heterocycles. The maximum Gasteiger partial charge on any atom is 0.329 e. The van der Waals surface area contributed by atoms with E-state index in [4.69, 9.17) is 4.42 Å². The molecule has 1 aliphatic heterocycles. The average Bonchev–Trinajstić information content (AvgIpc) is 3.29. The summed E-state index contributed by atoms with van der Waals surface area (Å²) in [5, 5.41) is 2.54. The Labute approximate surface area is 178 Å². The van der Waals surface area contributed by atoms with Crippen molar-refractivity contribution >= 4 is 23.8 Å². The molecule has 0 saturated carbocycles. The molecule has 6 nitrogen and oxygen atoms in total. The summed E-state index contributed by atoms with van der Waals surface area (Å²) >= 11 is 0. The van der Waals surface area contributed by atoms with Gasteiger partial charge in [-0.15, -0.1) is 0 Å². The highest BCUT2D eigenvalue weighted by atomic mass is 19.1. The Morgan fingerprint density at radius 2 is 1.84 bits per heavy atom. The zero-order valence-electron chi connectivity index (χ0n) is 16.9. The Kier molecular flexibility index (Phi) is 5.25. The standard InChI is InChI=1S/C24H19FN2O4/c1-14-11-17(15(2)28)5-9-20(14)22-10-8-19(31-22)12-21-23(29)27(24(30)26-21)13-16-3-6-18(25)7-4-16/h3-12H,13H2,1-2H3,(H,26,30)/b21-12+. The number of imide groups is 1. The number of carbonyl (C=O) groups is 3. The molecule has 3 aromatic rings. The number of rotatable bonds is 5. The third kappa shape index (κ3) is 4.16. The first kappa shape index (κ1) is 20.3. The van der Waals surface area contributed by atoms with Crippen LogP contribution in [0, 0.1) is 12.7 Å². The van der Waals surface area contributed by atoms with E-state index < -0.39 is 11.9 Å². The second-order valence-corrected chi connectivity index (χ2v) is 7.29.